The zero-order chi connectivity index (χ0) is 39.0. The first-order valence-corrected chi connectivity index (χ1v) is 19.3. The molecule has 3 heterocycles. The maximum Gasteiger partial charge on any atom is 0.313 e. The second-order valence-corrected chi connectivity index (χ2v) is 16.7. The first-order valence-electron chi connectivity index (χ1n) is 19.3. The first kappa shape index (κ1) is 42.2. The first-order chi connectivity index (χ1) is 25.2. The molecule has 4 rings (SSSR count). The molecule has 53 heavy (non-hydrogen) atoms. The van der Waals surface area contributed by atoms with Crippen LogP contribution in [0.2, 0.25) is 0 Å². The normalized spacial score (nSPS) is 24.7. The van der Waals surface area contributed by atoms with E-state index in [2.05, 4.69) is 39.2 Å². The molecular weight excluding hydrogens is 674 g/mol. The molecule has 2 N–H and O–H groups in total. The standard InChI is InChI=1S/C42H63N3O8/c1-9-11-21-32(47)43-30(27-51-8)35(29-19-15-14-16-20-29)52-39(50)33-31-22-23-42(53-31)34(33)37(48)44(25-17-12-13-18-26-46)36(42)38(49)45(24-10-2)41(6,7)28-40(3,4)5/h9-10,14-16,19-20,30-31,33-36,46H,1-2,11-13,17-18,21-28H2,3-8H3,(H,43,47)/t30-,31-,33+,34+,35-,36-,42+/m1/s1. The van der Waals surface area contributed by atoms with Crippen molar-refractivity contribution in [2.75, 3.05) is 33.4 Å². The molecule has 0 radical (unpaired) electrons. The van der Waals surface area contributed by atoms with E-state index in [-0.39, 0.29) is 42.8 Å². The van der Waals surface area contributed by atoms with Gasteiger partial charge in [-0.05, 0) is 63.4 Å². The number of amides is 3. The quantitative estimate of drug-likeness (QED) is 0.0957. The smallest absolute Gasteiger partial charge is 0.313 e. The number of allylic oxidation sites excluding steroid dienone is 1. The highest BCUT2D eigenvalue weighted by atomic mass is 16.6. The third-order valence-corrected chi connectivity index (χ3v) is 10.9. The summed E-state index contributed by atoms with van der Waals surface area (Å²) in [6.07, 6.45) is 7.14. The zero-order valence-electron chi connectivity index (χ0n) is 32.8. The predicted molar refractivity (Wildman–Crippen MR) is 203 cm³/mol. The van der Waals surface area contributed by atoms with Crippen LogP contribution in [0.4, 0.5) is 0 Å². The minimum Gasteiger partial charge on any atom is -0.455 e. The van der Waals surface area contributed by atoms with Crippen molar-refractivity contribution in [3.8, 4) is 0 Å². The number of benzene rings is 1. The molecule has 3 saturated heterocycles. The summed E-state index contributed by atoms with van der Waals surface area (Å²) in [4.78, 5) is 60.8. The van der Waals surface area contributed by atoms with Crippen LogP contribution in [0.3, 0.4) is 0 Å². The zero-order valence-corrected chi connectivity index (χ0v) is 32.8. The van der Waals surface area contributed by atoms with Crippen LogP contribution in [-0.2, 0) is 33.4 Å². The Morgan fingerprint density at radius 1 is 1.09 bits per heavy atom. The molecule has 0 aromatic heterocycles. The van der Waals surface area contributed by atoms with E-state index in [4.69, 9.17) is 14.2 Å². The molecular formula is C42H63N3O8. The van der Waals surface area contributed by atoms with Crippen molar-refractivity contribution in [2.45, 2.75) is 128 Å². The van der Waals surface area contributed by atoms with Crippen LogP contribution in [0.15, 0.2) is 55.6 Å². The average Bonchev–Trinajstić information content (AvgIpc) is 3.74. The number of esters is 1. The monoisotopic (exact) mass is 737 g/mol. The Morgan fingerprint density at radius 3 is 2.42 bits per heavy atom. The fourth-order valence-corrected chi connectivity index (χ4v) is 9.12. The average molecular weight is 738 g/mol. The van der Waals surface area contributed by atoms with Crippen LogP contribution in [0.1, 0.15) is 104 Å². The molecule has 0 unspecified atom stereocenters. The van der Waals surface area contributed by atoms with Crippen LogP contribution in [0.25, 0.3) is 0 Å². The second-order valence-electron chi connectivity index (χ2n) is 16.7. The van der Waals surface area contributed by atoms with Crippen molar-refractivity contribution in [3.63, 3.8) is 0 Å². The number of nitrogens with zero attached hydrogens (tertiary/aromatic N) is 2. The number of aliphatic hydroxyl groups is 1. The summed E-state index contributed by atoms with van der Waals surface area (Å²) < 4.78 is 18.6. The third-order valence-electron chi connectivity index (χ3n) is 10.9. The molecule has 11 heteroatoms. The van der Waals surface area contributed by atoms with Gasteiger partial charge in [0.25, 0.3) is 0 Å². The van der Waals surface area contributed by atoms with E-state index in [0.717, 1.165) is 12.8 Å². The molecule has 1 aromatic carbocycles. The van der Waals surface area contributed by atoms with Crippen molar-refractivity contribution < 1.29 is 38.5 Å². The maximum absolute atomic E-state index is 15.1. The number of hydrogen-bond acceptors (Lipinski definition) is 8. The second kappa shape index (κ2) is 18.2. The predicted octanol–water partition coefficient (Wildman–Crippen LogP) is 5.53. The molecule has 3 amide bonds. The van der Waals surface area contributed by atoms with Gasteiger partial charge in [0.05, 0.1) is 30.6 Å². The highest BCUT2D eigenvalue weighted by Crippen LogP contribution is 2.59. The van der Waals surface area contributed by atoms with Crippen LogP contribution >= 0.6 is 0 Å². The number of nitrogens with one attached hydrogen (secondary N) is 1. The molecule has 3 aliphatic rings. The van der Waals surface area contributed by atoms with Crippen molar-refractivity contribution in [1.29, 1.82) is 0 Å². The fourth-order valence-electron chi connectivity index (χ4n) is 9.12. The van der Waals surface area contributed by atoms with E-state index >= 15 is 4.79 Å². The number of likely N-dealkylation sites (tertiary alicyclic amines) is 1. The number of rotatable bonds is 21. The lowest BCUT2D eigenvalue weighted by molar-refractivity contribution is -0.163. The number of hydrogen-bond donors (Lipinski definition) is 2. The van der Waals surface area contributed by atoms with Crippen LogP contribution in [-0.4, -0.2) is 101 Å². The van der Waals surface area contributed by atoms with Gasteiger partial charge in [-0.3, -0.25) is 19.2 Å². The lowest BCUT2D eigenvalue weighted by Crippen LogP contribution is -2.61. The molecule has 3 fully saturated rings. The summed E-state index contributed by atoms with van der Waals surface area (Å²) in [7, 11) is 1.52. The highest BCUT2D eigenvalue weighted by molar-refractivity contribution is 5.98. The SMILES string of the molecule is C=CCCC(=O)N[C@H](COC)[C@H](OC(=O)[C@@H]1[C@H]2C(=O)N(CCCCCCO)[C@H](C(=O)N(CC=C)C(C)(C)CC(C)(C)C)[C@]23CC[C@H]1O3)c1ccccc1. The molecule has 1 aromatic rings. The lowest BCUT2D eigenvalue weighted by atomic mass is 9.70. The van der Waals surface area contributed by atoms with Gasteiger partial charge in [-0.1, -0.05) is 76.1 Å². The van der Waals surface area contributed by atoms with Crippen LogP contribution in [0, 0.1) is 17.3 Å². The van der Waals surface area contributed by atoms with Crippen molar-refractivity contribution >= 4 is 23.7 Å². The van der Waals surface area contributed by atoms with E-state index < -0.39 is 53.2 Å². The molecule has 7 atom stereocenters. The summed E-state index contributed by atoms with van der Waals surface area (Å²) in [5, 5.41) is 12.3. The third kappa shape index (κ3) is 9.59. The van der Waals surface area contributed by atoms with E-state index in [1.54, 1.807) is 17.1 Å². The van der Waals surface area contributed by atoms with Gasteiger partial charge in [-0.15, -0.1) is 13.2 Å². The topological polar surface area (TPSA) is 135 Å². The largest absolute Gasteiger partial charge is 0.455 e. The Hall–Kier alpha value is -3.54. The van der Waals surface area contributed by atoms with Gasteiger partial charge >= 0.3 is 5.97 Å². The summed E-state index contributed by atoms with van der Waals surface area (Å²) >= 11 is 0. The molecule has 11 nitrogen and oxygen atoms in total. The molecule has 2 bridgehead atoms. The van der Waals surface area contributed by atoms with E-state index in [1.165, 1.54) is 7.11 Å². The number of unbranched alkanes of at least 4 members (excludes halogenated alkanes) is 3. The molecule has 294 valence electrons. The Kier molecular flexibility index (Phi) is 14.5. The molecule has 0 aliphatic carbocycles. The van der Waals surface area contributed by atoms with Crippen molar-refractivity contribution in [1.82, 2.24) is 15.1 Å². The van der Waals surface area contributed by atoms with E-state index in [0.29, 0.717) is 57.2 Å². The Balaban J connectivity index is 1.71. The van der Waals surface area contributed by atoms with Gasteiger partial charge in [-0.2, -0.15) is 0 Å². The van der Waals surface area contributed by atoms with Gasteiger partial charge in [0, 0.05) is 38.8 Å². The van der Waals surface area contributed by atoms with Gasteiger partial charge in [-0.25, -0.2) is 0 Å². The fraction of sp³-hybridized carbons (Fsp3) is 0.667. The number of aliphatic hydroxyl groups excluding tert-OH is 1. The number of carbonyl (C=O) groups is 4. The minimum absolute atomic E-state index is 0.0771. The van der Waals surface area contributed by atoms with Crippen LogP contribution in [0.5, 0.6) is 0 Å². The summed E-state index contributed by atoms with van der Waals surface area (Å²) in [5.41, 5.74) is -1.18. The minimum atomic E-state index is -1.20. The van der Waals surface area contributed by atoms with E-state index in [1.807, 2.05) is 49.1 Å². The summed E-state index contributed by atoms with van der Waals surface area (Å²) in [6.45, 7) is 19.0. The van der Waals surface area contributed by atoms with Crippen LogP contribution < -0.4 is 5.32 Å². The molecule has 0 saturated carbocycles. The maximum atomic E-state index is 15.1. The van der Waals surface area contributed by atoms with Gasteiger partial charge in [0.15, 0.2) is 0 Å². The van der Waals surface area contributed by atoms with Crippen molar-refractivity contribution in [2.24, 2.45) is 17.3 Å². The molecule has 1 spiro atoms. The lowest BCUT2D eigenvalue weighted by Gasteiger charge is -2.45. The van der Waals surface area contributed by atoms with Gasteiger partial charge in [0.2, 0.25) is 17.7 Å². The van der Waals surface area contributed by atoms with E-state index in [9.17, 15) is 19.5 Å². The van der Waals surface area contributed by atoms with Crippen molar-refractivity contribution in [3.05, 3.63) is 61.2 Å². The Labute approximate surface area is 316 Å². The Bertz CT molecular complexity index is 1440. The number of methoxy groups -OCH3 is 1. The summed E-state index contributed by atoms with van der Waals surface area (Å²) in [6, 6.07) is 7.55. The molecule has 3 aliphatic heterocycles. The van der Waals surface area contributed by atoms with Gasteiger partial charge < -0.3 is 34.4 Å². The van der Waals surface area contributed by atoms with Gasteiger partial charge in [0.1, 0.15) is 17.7 Å². The number of fused-ring (bicyclic) bond motifs is 1. The summed E-state index contributed by atoms with van der Waals surface area (Å²) in [5.74, 6) is -3.15. The highest BCUT2D eigenvalue weighted by Gasteiger charge is 2.75. The Morgan fingerprint density at radius 2 is 1.79 bits per heavy atom. The number of ether oxygens (including phenoxy) is 3. The number of carbonyl (C=O) groups excluding carboxylic acids is 4.